The fourth-order valence-electron chi connectivity index (χ4n) is 2.69. The molecule has 0 spiro atoms. The molecule has 1 aliphatic rings. The Morgan fingerprint density at radius 1 is 1.33 bits per heavy atom. The van der Waals surface area contributed by atoms with E-state index in [-0.39, 0.29) is 42.0 Å². The van der Waals surface area contributed by atoms with Gasteiger partial charge in [-0.3, -0.25) is 14.7 Å². The van der Waals surface area contributed by atoms with Crippen LogP contribution in [-0.4, -0.2) is 75.3 Å². The first-order valence-corrected chi connectivity index (χ1v) is 8.34. The lowest BCUT2D eigenvalue weighted by molar-refractivity contribution is -0.121. The van der Waals surface area contributed by atoms with Crippen LogP contribution in [0.5, 0.6) is 0 Å². The van der Waals surface area contributed by atoms with Gasteiger partial charge in [0.25, 0.3) is 0 Å². The fourth-order valence-corrected chi connectivity index (χ4v) is 2.69. The molecule has 1 atom stereocenters. The van der Waals surface area contributed by atoms with Gasteiger partial charge in [-0.2, -0.15) is 0 Å². The Morgan fingerprint density at radius 3 is 2.62 bits per heavy atom. The van der Waals surface area contributed by atoms with Crippen molar-refractivity contribution < 1.29 is 9.53 Å². The molecule has 0 aliphatic carbocycles. The Morgan fingerprint density at radius 2 is 2.04 bits per heavy atom. The number of ether oxygens (including phenoxy) is 1. The van der Waals surface area contributed by atoms with Crippen LogP contribution >= 0.6 is 24.0 Å². The molecule has 24 heavy (non-hydrogen) atoms. The van der Waals surface area contributed by atoms with Gasteiger partial charge in [-0.25, -0.2) is 0 Å². The summed E-state index contributed by atoms with van der Waals surface area (Å²) in [6.45, 7) is 9.78. The first kappa shape index (κ1) is 23.4. The van der Waals surface area contributed by atoms with Gasteiger partial charge in [0.05, 0.1) is 13.2 Å². The van der Waals surface area contributed by atoms with Crippen molar-refractivity contribution in [1.29, 1.82) is 0 Å². The Balaban J connectivity index is 0.00000529. The summed E-state index contributed by atoms with van der Waals surface area (Å²) in [4.78, 5) is 18.4. The zero-order chi connectivity index (χ0) is 17.3. The summed E-state index contributed by atoms with van der Waals surface area (Å²) in [6.07, 6.45) is 2.40. The minimum atomic E-state index is -0.221. The van der Waals surface area contributed by atoms with Crippen molar-refractivity contribution in [2.24, 2.45) is 4.99 Å². The van der Waals surface area contributed by atoms with Crippen LogP contribution in [0.1, 0.15) is 33.6 Å². The molecule has 1 unspecified atom stereocenters. The molecular weight excluding hydrogens is 421 g/mol. The lowest BCUT2D eigenvalue weighted by Crippen LogP contribution is -2.50. The third-order valence-electron chi connectivity index (χ3n) is 3.74. The molecule has 1 fully saturated rings. The van der Waals surface area contributed by atoms with Gasteiger partial charge in [0.2, 0.25) is 5.91 Å². The first-order valence-electron chi connectivity index (χ1n) is 8.34. The van der Waals surface area contributed by atoms with Crippen molar-refractivity contribution in [2.45, 2.75) is 45.2 Å². The number of hydrogen-bond acceptors (Lipinski definition) is 4. The highest BCUT2D eigenvalue weighted by Gasteiger charge is 2.24. The van der Waals surface area contributed by atoms with Crippen LogP contribution < -0.4 is 16.0 Å². The fraction of sp³-hybridized carbons (Fsp3) is 0.875. The monoisotopic (exact) mass is 455 g/mol. The second-order valence-corrected chi connectivity index (χ2v) is 6.93. The van der Waals surface area contributed by atoms with E-state index in [0.29, 0.717) is 12.0 Å². The van der Waals surface area contributed by atoms with E-state index in [1.54, 1.807) is 14.2 Å². The maximum Gasteiger partial charge on any atom is 0.239 e. The van der Waals surface area contributed by atoms with Crippen molar-refractivity contribution in [1.82, 2.24) is 20.9 Å². The molecule has 0 bridgehead atoms. The molecule has 3 N–H and O–H groups in total. The number of carbonyl (C=O) groups is 1. The minimum absolute atomic E-state index is 0. The number of amides is 1. The molecule has 1 saturated heterocycles. The van der Waals surface area contributed by atoms with Crippen LogP contribution in [0.25, 0.3) is 0 Å². The van der Waals surface area contributed by atoms with E-state index in [9.17, 15) is 4.79 Å². The number of carbonyl (C=O) groups excluding carboxylic acids is 1. The third kappa shape index (κ3) is 9.63. The largest absolute Gasteiger partial charge is 0.383 e. The normalized spacial score (nSPS) is 18.9. The minimum Gasteiger partial charge on any atom is -0.383 e. The summed E-state index contributed by atoms with van der Waals surface area (Å²) in [7, 11) is 3.45. The second kappa shape index (κ2) is 11.9. The zero-order valence-corrected chi connectivity index (χ0v) is 18.0. The van der Waals surface area contributed by atoms with Gasteiger partial charge in [0.1, 0.15) is 0 Å². The number of nitrogens with zero attached hydrogens (tertiary/aromatic N) is 2. The Labute approximate surface area is 163 Å². The molecule has 0 aromatic rings. The molecule has 142 valence electrons. The van der Waals surface area contributed by atoms with Crippen molar-refractivity contribution in [3.05, 3.63) is 0 Å². The van der Waals surface area contributed by atoms with Gasteiger partial charge in [0, 0.05) is 38.8 Å². The molecule has 1 rings (SSSR count). The van der Waals surface area contributed by atoms with Crippen LogP contribution in [-0.2, 0) is 9.53 Å². The van der Waals surface area contributed by atoms with Crippen LogP contribution in [0, 0.1) is 0 Å². The molecule has 0 saturated carbocycles. The zero-order valence-electron chi connectivity index (χ0n) is 15.6. The SMILES string of the molecule is CN=C(NCC(=O)NC(C)(C)C)NCC1CCCN1CCOC.I. The number of rotatable bonds is 7. The van der Waals surface area contributed by atoms with Crippen molar-refractivity contribution in [3.63, 3.8) is 0 Å². The van der Waals surface area contributed by atoms with Crippen LogP contribution in [0.15, 0.2) is 4.99 Å². The van der Waals surface area contributed by atoms with Gasteiger partial charge in [0.15, 0.2) is 5.96 Å². The predicted molar refractivity (Wildman–Crippen MR) is 109 cm³/mol. The average molecular weight is 455 g/mol. The summed E-state index contributed by atoms with van der Waals surface area (Å²) in [6, 6.07) is 0.493. The van der Waals surface area contributed by atoms with E-state index in [2.05, 4.69) is 25.8 Å². The van der Waals surface area contributed by atoms with Crippen molar-refractivity contribution in [3.8, 4) is 0 Å². The Hall–Kier alpha value is -0.610. The standard InChI is InChI=1S/C16H33N5O2.HI/c1-16(2,3)20-14(22)12-19-15(17-4)18-11-13-7-6-8-21(13)9-10-23-5;/h13H,6-12H2,1-5H3,(H,20,22)(H2,17,18,19);1H. The summed E-state index contributed by atoms with van der Waals surface area (Å²) in [5.74, 6) is 0.621. The molecular formula is C16H34IN5O2. The predicted octanol–water partition coefficient (Wildman–Crippen LogP) is 0.795. The number of guanidine groups is 1. The highest BCUT2D eigenvalue weighted by atomic mass is 127. The maximum absolute atomic E-state index is 11.8. The van der Waals surface area contributed by atoms with Gasteiger partial charge in [-0.1, -0.05) is 0 Å². The number of likely N-dealkylation sites (tertiary alicyclic amines) is 1. The van der Waals surface area contributed by atoms with Gasteiger partial charge in [-0.05, 0) is 40.2 Å². The molecule has 1 amide bonds. The molecule has 0 aromatic carbocycles. The number of aliphatic imine (C=N–C) groups is 1. The third-order valence-corrected chi connectivity index (χ3v) is 3.74. The van der Waals surface area contributed by atoms with Crippen LogP contribution in [0.2, 0.25) is 0 Å². The lowest BCUT2D eigenvalue weighted by Gasteiger charge is -2.25. The van der Waals surface area contributed by atoms with Crippen molar-refractivity contribution in [2.75, 3.05) is 46.9 Å². The Kier molecular flexibility index (Phi) is 11.6. The smallest absolute Gasteiger partial charge is 0.239 e. The summed E-state index contributed by atoms with van der Waals surface area (Å²) < 4.78 is 5.16. The van der Waals surface area contributed by atoms with E-state index in [1.165, 1.54) is 12.8 Å². The second-order valence-electron chi connectivity index (χ2n) is 6.93. The van der Waals surface area contributed by atoms with E-state index in [4.69, 9.17) is 4.74 Å². The number of nitrogens with one attached hydrogen (secondary N) is 3. The van der Waals surface area contributed by atoms with E-state index in [1.807, 2.05) is 20.8 Å². The molecule has 0 radical (unpaired) electrons. The van der Waals surface area contributed by atoms with Crippen LogP contribution in [0.3, 0.4) is 0 Å². The van der Waals surface area contributed by atoms with E-state index < -0.39 is 0 Å². The summed E-state index contributed by atoms with van der Waals surface area (Å²) in [5.41, 5.74) is -0.221. The summed E-state index contributed by atoms with van der Waals surface area (Å²) >= 11 is 0. The van der Waals surface area contributed by atoms with Gasteiger partial charge < -0.3 is 20.7 Å². The number of halogens is 1. The Bertz CT molecular complexity index is 398. The maximum atomic E-state index is 11.8. The summed E-state index contributed by atoms with van der Waals surface area (Å²) in [5, 5.41) is 9.29. The number of methoxy groups -OCH3 is 1. The first-order chi connectivity index (χ1) is 10.9. The van der Waals surface area contributed by atoms with Gasteiger partial charge >= 0.3 is 0 Å². The molecule has 1 aliphatic heterocycles. The lowest BCUT2D eigenvalue weighted by atomic mass is 10.1. The highest BCUT2D eigenvalue weighted by Crippen LogP contribution is 2.15. The quantitative estimate of drug-likeness (QED) is 0.301. The van der Waals surface area contributed by atoms with E-state index in [0.717, 1.165) is 26.2 Å². The average Bonchev–Trinajstić information content (AvgIpc) is 2.91. The van der Waals surface area contributed by atoms with Gasteiger partial charge in [-0.15, -0.1) is 24.0 Å². The molecule has 1 heterocycles. The molecule has 0 aromatic heterocycles. The van der Waals surface area contributed by atoms with E-state index >= 15 is 0 Å². The van der Waals surface area contributed by atoms with Crippen molar-refractivity contribution >= 4 is 35.8 Å². The van der Waals surface area contributed by atoms with Crippen LogP contribution in [0.4, 0.5) is 0 Å². The molecule has 8 heteroatoms. The highest BCUT2D eigenvalue weighted by molar-refractivity contribution is 14.0. The topological polar surface area (TPSA) is 78.0 Å². The molecule has 7 nitrogen and oxygen atoms in total. The number of hydrogen-bond donors (Lipinski definition) is 3.